The Morgan fingerprint density at radius 1 is 1.16 bits per heavy atom. The fraction of sp³-hybridized carbons (Fsp3) is 0.667. The fourth-order valence-corrected chi connectivity index (χ4v) is 4.90. The summed E-state index contributed by atoms with van der Waals surface area (Å²) >= 11 is 0. The molecule has 3 N–H and O–H groups in total. The van der Waals surface area contributed by atoms with Crippen molar-refractivity contribution in [2.45, 2.75) is 64.8 Å². The Labute approximate surface area is 205 Å². The molecular formula is C24H40IN5O. The maximum atomic E-state index is 12.1. The van der Waals surface area contributed by atoms with Gasteiger partial charge in [-0.3, -0.25) is 14.7 Å². The van der Waals surface area contributed by atoms with E-state index >= 15 is 0 Å². The summed E-state index contributed by atoms with van der Waals surface area (Å²) in [6.45, 7) is 11.5. The lowest BCUT2D eigenvalue weighted by Gasteiger charge is -2.33. The Morgan fingerprint density at radius 2 is 1.87 bits per heavy atom. The molecule has 2 aliphatic heterocycles. The van der Waals surface area contributed by atoms with Crippen molar-refractivity contribution in [2.24, 2.45) is 10.9 Å². The van der Waals surface area contributed by atoms with Crippen molar-refractivity contribution in [1.29, 1.82) is 0 Å². The average molecular weight is 542 g/mol. The molecule has 0 bridgehead atoms. The van der Waals surface area contributed by atoms with E-state index in [2.05, 4.69) is 47.7 Å². The minimum absolute atomic E-state index is 0. The van der Waals surface area contributed by atoms with Crippen molar-refractivity contribution in [3.63, 3.8) is 0 Å². The molecule has 31 heavy (non-hydrogen) atoms. The number of hydrogen-bond donors (Lipinski definition) is 3. The van der Waals surface area contributed by atoms with Crippen molar-refractivity contribution in [2.75, 3.05) is 38.0 Å². The molecular weight excluding hydrogens is 501 g/mol. The summed E-state index contributed by atoms with van der Waals surface area (Å²) in [7, 11) is 0. The second kappa shape index (κ2) is 13.3. The van der Waals surface area contributed by atoms with E-state index in [9.17, 15) is 4.79 Å². The first kappa shape index (κ1) is 25.9. The van der Waals surface area contributed by atoms with Crippen molar-refractivity contribution in [3.05, 3.63) is 29.8 Å². The number of fused-ring (bicyclic) bond motifs is 1. The maximum absolute atomic E-state index is 12.1. The summed E-state index contributed by atoms with van der Waals surface area (Å²) in [5.74, 6) is 1.79. The van der Waals surface area contributed by atoms with E-state index in [4.69, 9.17) is 4.99 Å². The molecule has 7 heteroatoms. The van der Waals surface area contributed by atoms with Gasteiger partial charge in [-0.15, -0.1) is 24.0 Å². The SMILES string of the molecule is CCNC(=NCC(C(CC)CC)N1CCCC1)NCC1CC(=O)Nc2ccccc21.I. The highest BCUT2D eigenvalue weighted by atomic mass is 127. The van der Waals surface area contributed by atoms with Gasteiger partial charge in [-0.1, -0.05) is 44.9 Å². The van der Waals surface area contributed by atoms with Crippen molar-refractivity contribution >= 4 is 41.5 Å². The van der Waals surface area contributed by atoms with Crippen LogP contribution < -0.4 is 16.0 Å². The number of para-hydroxylation sites is 1. The molecule has 2 unspecified atom stereocenters. The molecule has 0 saturated carbocycles. The van der Waals surface area contributed by atoms with Gasteiger partial charge in [0, 0.05) is 37.2 Å². The van der Waals surface area contributed by atoms with Crippen LogP contribution in [0.3, 0.4) is 0 Å². The fourth-order valence-electron chi connectivity index (χ4n) is 4.90. The standard InChI is InChI=1S/C24H39N5O.HI/c1-4-18(5-2)22(29-13-9-10-14-29)17-27-24(25-6-3)26-16-19-15-23(30)28-21-12-8-7-11-20(19)21;/h7-8,11-12,18-19,22H,4-6,9-10,13-17H2,1-3H3,(H,28,30)(H2,25,26,27);1H. The number of halogens is 1. The first-order valence-electron chi connectivity index (χ1n) is 11.8. The zero-order valence-corrected chi connectivity index (χ0v) is 21.7. The normalized spacial score (nSPS) is 20.1. The van der Waals surface area contributed by atoms with E-state index in [-0.39, 0.29) is 35.8 Å². The third-order valence-electron chi connectivity index (χ3n) is 6.61. The van der Waals surface area contributed by atoms with E-state index in [0.717, 1.165) is 24.7 Å². The number of anilines is 1. The topological polar surface area (TPSA) is 68.8 Å². The number of benzene rings is 1. The quantitative estimate of drug-likeness (QED) is 0.249. The van der Waals surface area contributed by atoms with Crippen molar-refractivity contribution in [1.82, 2.24) is 15.5 Å². The van der Waals surface area contributed by atoms with Gasteiger partial charge >= 0.3 is 0 Å². The van der Waals surface area contributed by atoms with Gasteiger partial charge in [-0.05, 0) is 50.4 Å². The molecule has 1 aromatic carbocycles. The lowest BCUT2D eigenvalue weighted by molar-refractivity contribution is -0.116. The highest BCUT2D eigenvalue weighted by molar-refractivity contribution is 14.0. The molecule has 174 valence electrons. The van der Waals surface area contributed by atoms with Crippen LogP contribution in [-0.4, -0.2) is 55.5 Å². The van der Waals surface area contributed by atoms with E-state index < -0.39 is 0 Å². The molecule has 1 fully saturated rings. The maximum Gasteiger partial charge on any atom is 0.225 e. The second-order valence-electron chi connectivity index (χ2n) is 8.52. The number of amides is 1. The van der Waals surface area contributed by atoms with E-state index in [1.54, 1.807) is 0 Å². The third-order valence-corrected chi connectivity index (χ3v) is 6.61. The molecule has 2 heterocycles. The predicted octanol–water partition coefficient (Wildman–Crippen LogP) is 4.19. The molecule has 2 aliphatic rings. The Morgan fingerprint density at radius 3 is 2.55 bits per heavy atom. The molecule has 0 aromatic heterocycles. The zero-order chi connectivity index (χ0) is 21.3. The van der Waals surface area contributed by atoms with Crippen LogP contribution in [0.5, 0.6) is 0 Å². The van der Waals surface area contributed by atoms with E-state index in [0.29, 0.717) is 24.9 Å². The van der Waals surface area contributed by atoms with Gasteiger partial charge in [0.05, 0.1) is 6.54 Å². The van der Waals surface area contributed by atoms with E-state index in [1.807, 2.05) is 18.2 Å². The highest BCUT2D eigenvalue weighted by Crippen LogP contribution is 2.31. The van der Waals surface area contributed by atoms with Gasteiger partial charge in [0.1, 0.15) is 0 Å². The van der Waals surface area contributed by atoms with Crippen LogP contribution in [0.15, 0.2) is 29.3 Å². The summed E-state index contributed by atoms with van der Waals surface area (Å²) in [6.07, 6.45) is 5.52. The van der Waals surface area contributed by atoms with Crippen LogP contribution in [0.2, 0.25) is 0 Å². The van der Waals surface area contributed by atoms with Gasteiger partial charge in [0.25, 0.3) is 0 Å². The minimum Gasteiger partial charge on any atom is -0.357 e. The van der Waals surface area contributed by atoms with Gasteiger partial charge in [-0.25, -0.2) is 0 Å². The molecule has 0 spiro atoms. The first-order chi connectivity index (χ1) is 14.7. The van der Waals surface area contributed by atoms with Crippen molar-refractivity contribution < 1.29 is 4.79 Å². The molecule has 6 nitrogen and oxygen atoms in total. The summed E-state index contributed by atoms with van der Waals surface area (Å²) in [5, 5.41) is 9.89. The molecule has 0 radical (unpaired) electrons. The lowest BCUT2D eigenvalue weighted by Crippen LogP contribution is -2.44. The van der Waals surface area contributed by atoms with Crippen LogP contribution in [0.1, 0.15) is 64.4 Å². The number of rotatable bonds is 9. The van der Waals surface area contributed by atoms with Crippen molar-refractivity contribution in [3.8, 4) is 0 Å². The summed E-state index contributed by atoms with van der Waals surface area (Å²) in [5.41, 5.74) is 2.14. The molecule has 3 rings (SSSR count). The predicted molar refractivity (Wildman–Crippen MR) is 140 cm³/mol. The number of hydrogen-bond acceptors (Lipinski definition) is 3. The summed E-state index contributed by atoms with van der Waals surface area (Å²) < 4.78 is 0. The Kier molecular flexibility index (Phi) is 11.1. The van der Waals surface area contributed by atoms with Gasteiger partial charge in [0.2, 0.25) is 5.91 Å². The van der Waals surface area contributed by atoms with Crippen LogP contribution >= 0.6 is 24.0 Å². The summed E-state index contributed by atoms with van der Waals surface area (Å²) in [6, 6.07) is 8.62. The van der Waals surface area contributed by atoms with Gasteiger partial charge in [-0.2, -0.15) is 0 Å². The highest BCUT2D eigenvalue weighted by Gasteiger charge is 2.28. The molecule has 1 aromatic rings. The van der Waals surface area contributed by atoms with Crippen LogP contribution in [0.25, 0.3) is 0 Å². The number of nitrogens with one attached hydrogen (secondary N) is 3. The largest absolute Gasteiger partial charge is 0.357 e. The third kappa shape index (κ3) is 7.07. The molecule has 0 aliphatic carbocycles. The zero-order valence-electron chi connectivity index (χ0n) is 19.3. The second-order valence-corrected chi connectivity index (χ2v) is 8.52. The number of guanidine groups is 1. The number of likely N-dealkylation sites (tertiary alicyclic amines) is 1. The molecule has 1 saturated heterocycles. The lowest BCUT2D eigenvalue weighted by atomic mass is 9.90. The number of carbonyl (C=O) groups excluding carboxylic acids is 1. The molecule has 1 amide bonds. The average Bonchev–Trinajstić information content (AvgIpc) is 3.29. The number of aliphatic imine (C=N–C) groups is 1. The molecule has 2 atom stereocenters. The Hall–Kier alpha value is -1.35. The van der Waals surface area contributed by atoms with Gasteiger partial charge < -0.3 is 16.0 Å². The number of carbonyl (C=O) groups is 1. The van der Waals surface area contributed by atoms with Crippen LogP contribution in [0.4, 0.5) is 5.69 Å². The van der Waals surface area contributed by atoms with Crippen LogP contribution in [-0.2, 0) is 4.79 Å². The van der Waals surface area contributed by atoms with Crippen LogP contribution in [0, 0.1) is 5.92 Å². The Bertz CT molecular complexity index is 714. The minimum atomic E-state index is 0. The smallest absolute Gasteiger partial charge is 0.225 e. The summed E-state index contributed by atoms with van der Waals surface area (Å²) in [4.78, 5) is 19.8. The Balaban J connectivity index is 0.00000341. The van der Waals surface area contributed by atoms with E-state index in [1.165, 1.54) is 44.3 Å². The monoisotopic (exact) mass is 541 g/mol. The number of nitrogens with zero attached hydrogens (tertiary/aromatic N) is 2. The first-order valence-corrected chi connectivity index (χ1v) is 11.8. The van der Waals surface area contributed by atoms with Gasteiger partial charge in [0.15, 0.2) is 5.96 Å².